The maximum atomic E-state index is 14.3. The van der Waals surface area contributed by atoms with Crippen LogP contribution in [0.3, 0.4) is 0 Å². The van der Waals surface area contributed by atoms with E-state index in [-0.39, 0.29) is 13.0 Å². The molecule has 0 bridgehead atoms. The van der Waals surface area contributed by atoms with Crippen LogP contribution in [-0.2, 0) is 19.5 Å². The maximum absolute atomic E-state index is 14.3. The number of likely N-dealkylation sites (tertiary alicyclic amines) is 1. The Morgan fingerprint density at radius 1 is 1.15 bits per heavy atom. The molecule has 34 heavy (non-hydrogen) atoms. The second-order valence-electron chi connectivity index (χ2n) is 9.86. The molecule has 0 aromatic heterocycles. The van der Waals surface area contributed by atoms with Crippen LogP contribution in [0.2, 0.25) is 0 Å². The van der Waals surface area contributed by atoms with Gasteiger partial charge in [0.25, 0.3) is 15.7 Å². The van der Waals surface area contributed by atoms with Gasteiger partial charge < -0.3 is 14.4 Å². The van der Waals surface area contributed by atoms with E-state index in [0.717, 1.165) is 17.0 Å². The average Bonchev–Trinajstić information content (AvgIpc) is 3.03. The number of para-hydroxylation sites is 1. The van der Waals surface area contributed by atoms with Crippen LogP contribution in [0.1, 0.15) is 48.0 Å². The van der Waals surface area contributed by atoms with Gasteiger partial charge in [-0.25, -0.2) is 22.4 Å². The SMILES string of the molecule is CC(C)(C)OC(=O)N1CC(F)CC1CN(C(=O)OC(C)(C)C)S(=O)(=O)c1ccccc1[N+](=O)[O-]. The molecule has 0 spiro atoms. The van der Waals surface area contributed by atoms with Crippen molar-refractivity contribution in [3.63, 3.8) is 0 Å². The molecule has 190 valence electrons. The minimum atomic E-state index is -4.82. The third-order valence-corrected chi connectivity index (χ3v) is 6.37. The molecule has 1 fully saturated rings. The summed E-state index contributed by atoms with van der Waals surface area (Å²) in [7, 11) is -4.82. The Kier molecular flexibility index (Phi) is 7.80. The van der Waals surface area contributed by atoms with Crippen LogP contribution in [0.4, 0.5) is 19.7 Å². The summed E-state index contributed by atoms with van der Waals surface area (Å²) < 4.78 is 52.0. The topological polar surface area (TPSA) is 136 Å². The number of hydrogen-bond donors (Lipinski definition) is 0. The molecule has 0 aliphatic carbocycles. The number of alkyl halides is 1. The molecule has 0 N–H and O–H groups in total. The fraction of sp³-hybridized carbons (Fsp3) is 0.619. The van der Waals surface area contributed by atoms with E-state index in [4.69, 9.17) is 9.47 Å². The first-order chi connectivity index (χ1) is 15.4. The number of carbonyl (C=O) groups is 2. The Hall–Kier alpha value is -2.96. The number of sulfonamides is 1. The lowest BCUT2D eigenvalue weighted by molar-refractivity contribution is -0.387. The van der Waals surface area contributed by atoms with Crippen molar-refractivity contribution in [1.82, 2.24) is 9.21 Å². The predicted molar refractivity (Wildman–Crippen MR) is 119 cm³/mol. The molecule has 1 aliphatic rings. The summed E-state index contributed by atoms with van der Waals surface area (Å²) in [5, 5.41) is 11.4. The number of benzene rings is 1. The third-order valence-electron chi connectivity index (χ3n) is 4.60. The van der Waals surface area contributed by atoms with Gasteiger partial charge in [-0.2, -0.15) is 4.31 Å². The Morgan fingerprint density at radius 2 is 1.71 bits per heavy atom. The number of amides is 2. The zero-order valence-electron chi connectivity index (χ0n) is 20.0. The number of rotatable bonds is 5. The number of nitrogens with zero attached hydrogens (tertiary/aromatic N) is 3. The molecule has 2 unspecified atom stereocenters. The lowest BCUT2D eigenvalue weighted by Gasteiger charge is -2.32. The van der Waals surface area contributed by atoms with E-state index in [2.05, 4.69) is 0 Å². The monoisotopic (exact) mass is 503 g/mol. The second kappa shape index (κ2) is 9.72. The smallest absolute Gasteiger partial charge is 0.424 e. The first kappa shape index (κ1) is 27.3. The molecule has 13 heteroatoms. The molecule has 1 aromatic rings. The molecule has 1 saturated heterocycles. The fourth-order valence-electron chi connectivity index (χ4n) is 3.30. The van der Waals surface area contributed by atoms with Gasteiger partial charge >= 0.3 is 12.2 Å². The van der Waals surface area contributed by atoms with Gasteiger partial charge in [0.05, 0.1) is 24.1 Å². The number of carbonyl (C=O) groups excluding carboxylic acids is 2. The Balaban J connectivity index is 2.50. The van der Waals surface area contributed by atoms with Gasteiger partial charge in [-0.3, -0.25) is 10.1 Å². The van der Waals surface area contributed by atoms with Gasteiger partial charge in [-0.05, 0) is 47.6 Å². The Morgan fingerprint density at radius 3 is 2.24 bits per heavy atom. The van der Waals surface area contributed by atoms with Crippen molar-refractivity contribution in [1.29, 1.82) is 0 Å². The minimum absolute atomic E-state index is 0.259. The summed E-state index contributed by atoms with van der Waals surface area (Å²) in [6.45, 7) is 8.37. The maximum Gasteiger partial charge on any atom is 0.424 e. The van der Waals surface area contributed by atoms with Gasteiger partial charge in [0, 0.05) is 12.5 Å². The number of ether oxygens (including phenoxy) is 2. The molecule has 2 rings (SSSR count). The van der Waals surface area contributed by atoms with Crippen molar-refractivity contribution in [2.45, 2.75) is 76.3 Å². The molecular formula is C21H30FN3O8S. The van der Waals surface area contributed by atoms with Crippen LogP contribution < -0.4 is 0 Å². The van der Waals surface area contributed by atoms with Crippen LogP contribution in [0.25, 0.3) is 0 Å². The van der Waals surface area contributed by atoms with Crippen molar-refractivity contribution in [3.8, 4) is 0 Å². The summed E-state index contributed by atoms with van der Waals surface area (Å²) in [6, 6.07) is 3.45. The van der Waals surface area contributed by atoms with Crippen molar-refractivity contribution in [3.05, 3.63) is 34.4 Å². The van der Waals surface area contributed by atoms with Crippen molar-refractivity contribution >= 4 is 27.9 Å². The van der Waals surface area contributed by atoms with E-state index in [1.165, 1.54) is 32.9 Å². The van der Waals surface area contributed by atoms with E-state index < -0.39 is 67.7 Å². The predicted octanol–water partition coefficient (Wildman–Crippen LogP) is 3.87. The zero-order valence-corrected chi connectivity index (χ0v) is 20.8. The van der Waals surface area contributed by atoms with E-state index in [1.807, 2.05) is 0 Å². The quantitative estimate of drug-likeness (QED) is 0.436. The lowest BCUT2D eigenvalue weighted by atomic mass is 10.2. The van der Waals surface area contributed by atoms with E-state index in [0.29, 0.717) is 4.31 Å². The van der Waals surface area contributed by atoms with Gasteiger partial charge in [0.2, 0.25) is 0 Å². The van der Waals surface area contributed by atoms with Gasteiger partial charge in [0.1, 0.15) is 17.4 Å². The Labute approximate surface area is 198 Å². The van der Waals surface area contributed by atoms with Crippen LogP contribution in [0, 0.1) is 10.1 Å². The Bertz CT molecular complexity index is 1050. The van der Waals surface area contributed by atoms with Gasteiger partial charge in [-0.1, -0.05) is 12.1 Å². The summed E-state index contributed by atoms with van der Waals surface area (Å²) in [4.78, 5) is 36.4. The van der Waals surface area contributed by atoms with Crippen molar-refractivity contribution in [2.24, 2.45) is 0 Å². The van der Waals surface area contributed by atoms with Crippen LogP contribution >= 0.6 is 0 Å². The molecule has 2 atom stereocenters. The number of halogens is 1. The van der Waals surface area contributed by atoms with Gasteiger partial charge in [0.15, 0.2) is 4.90 Å². The molecular weight excluding hydrogens is 473 g/mol. The lowest BCUT2D eigenvalue weighted by Crippen LogP contribution is -2.49. The molecule has 1 aliphatic heterocycles. The summed E-state index contributed by atoms with van der Waals surface area (Å²) >= 11 is 0. The third kappa shape index (κ3) is 6.78. The number of nitro benzene ring substituents is 1. The number of nitro groups is 1. The first-order valence-electron chi connectivity index (χ1n) is 10.5. The van der Waals surface area contributed by atoms with E-state index in [1.54, 1.807) is 20.8 Å². The molecule has 1 aromatic carbocycles. The van der Waals surface area contributed by atoms with E-state index in [9.17, 15) is 32.5 Å². The molecule has 1 heterocycles. The zero-order chi connectivity index (χ0) is 26.1. The highest BCUT2D eigenvalue weighted by Crippen LogP contribution is 2.30. The highest BCUT2D eigenvalue weighted by atomic mass is 32.2. The summed E-state index contributed by atoms with van der Waals surface area (Å²) in [6.07, 6.45) is -3.92. The standard InChI is InChI=1S/C21H30FN3O8S/c1-20(2,3)32-18(26)23-12-14(22)11-15(23)13-24(19(27)33-21(4,5)6)34(30,31)17-10-8-7-9-16(17)25(28)29/h7-10,14-15H,11-13H2,1-6H3. The largest absolute Gasteiger partial charge is 0.444 e. The fourth-order valence-corrected chi connectivity index (χ4v) is 4.79. The summed E-state index contributed by atoms with van der Waals surface area (Å²) in [5.74, 6) is 0. The normalized spacial score (nSPS) is 19.0. The molecule has 2 amide bonds. The number of hydrogen-bond acceptors (Lipinski definition) is 8. The van der Waals surface area contributed by atoms with Crippen LogP contribution in [-0.4, -0.2) is 71.2 Å². The van der Waals surface area contributed by atoms with Crippen LogP contribution in [0.15, 0.2) is 29.2 Å². The van der Waals surface area contributed by atoms with Crippen molar-refractivity contribution < 1.29 is 36.8 Å². The van der Waals surface area contributed by atoms with Gasteiger partial charge in [-0.15, -0.1) is 0 Å². The second-order valence-corrected chi connectivity index (χ2v) is 11.7. The summed E-state index contributed by atoms with van der Waals surface area (Å²) in [5.41, 5.74) is -2.73. The van der Waals surface area contributed by atoms with E-state index >= 15 is 0 Å². The first-order valence-corrected chi connectivity index (χ1v) is 12.0. The molecule has 0 radical (unpaired) electrons. The average molecular weight is 504 g/mol. The molecule has 0 saturated carbocycles. The van der Waals surface area contributed by atoms with Crippen molar-refractivity contribution in [2.75, 3.05) is 13.1 Å². The highest BCUT2D eigenvalue weighted by Gasteiger charge is 2.44. The minimum Gasteiger partial charge on any atom is -0.444 e. The molecule has 11 nitrogen and oxygen atoms in total. The van der Waals surface area contributed by atoms with Crippen LogP contribution in [0.5, 0.6) is 0 Å². The highest BCUT2D eigenvalue weighted by molar-refractivity contribution is 7.89.